The molecule has 4 nitrogen and oxygen atoms in total. The van der Waals surface area contributed by atoms with Crippen LogP contribution in [0.2, 0.25) is 0 Å². The zero-order chi connectivity index (χ0) is 23.6. The number of hydrogen-bond acceptors (Lipinski definition) is 3. The van der Waals surface area contributed by atoms with E-state index in [0.29, 0.717) is 18.9 Å². The molecule has 0 atom stereocenters. The first-order valence-corrected chi connectivity index (χ1v) is 10.6. The number of hydrogen-bond donors (Lipinski definition) is 1. The second kappa shape index (κ2) is 11.9. The Morgan fingerprint density at radius 3 is 2.09 bits per heavy atom. The smallest absolute Gasteiger partial charge is 0.414 e. The Morgan fingerprint density at radius 2 is 1.36 bits per heavy atom. The lowest BCUT2D eigenvalue weighted by atomic mass is 10.0. The minimum Gasteiger partial charge on any atom is -0.444 e. The van der Waals surface area contributed by atoms with Crippen molar-refractivity contribution in [2.45, 2.75) is 38.7 Å². The van der Waals surface area contributed by atoms with E-state index in [1.807, 2.05) is 42.5 Å². The Kier molecular flexibility index (Phi) is 8.63. The van der Waals surface area contributed by atoms with Crippen LogP contribution in [-0.2, 0) is 35.4 Å². The summed E-state index contributed by atoms with van der Waals surface area (Å²) in [6.07, 6.45) is 1.65. The van der Waals surface area contributed by atoms with Crippen molar-refractivity contribution >= 4 is 12.0 Å². The monoisotopic (exact) mass is 455 g/mol. The van der Waals surface area contributed by atoms with E-state index in [0.717, 1.165) is 35.6 Å². The van der Waals surface area contributed by atoms with Gasteiger partial charge in [-0.15, -0.1) is 0 Å². The first kappa shape index (κ1) is 24.0. The SMILES string of the molecule is O=C(Cc1ccc(CCCCc2cc(F)c(F)cc2F)cc1)NC(=O)OCc1ccccc1. The molecule has 0 aliphatic rings. The highest BCUT2D eigenvalue weighted by Crippen LogP contribution is 2.17. The average molecular weight is 455 g/mol. The van der Waals surface area contributed by atoms with Crippen LogP contribution in [0.3, 0.4) is 0 Å². The van der Waals surface area contributed by atoms with Gasteiger partial charge >= 0.3 is 6.09 Å². The molecule has 2 amide bonds. The van der Waals surface area contributed by atoms with Gasteiger partial charge in [-0.2, -0.15) is 0 Å². The van der Waals surface area contributed by atoms with Crippen LogP contribution < -0.4 is 5.32 Å². The summed E-state index contributed by atoms with van der Waals surface area (Å²) in [6.45, 7) is 0.0807. The molecule has 3 aromatic rings. The van der Waals surface area contributed by atoms with Crippen LogP contribution in [0.1, 0.15) is 35.1 Å². The van der Waals surface area contributed by atoms with Crippen molar-refractivity contribution < 1.29 is 27.5 Å². The Bertz CT molecular complexity index is 1090. The molecule has 0 aromatic heterocycles. The molecule has 0 heterocycles. The summed E-state index contributed by atoms with van der Waals surface area (Å²) in [5.74, 6) is -3.43. The van der Waals surface area contributed by atoms with E-state index in [4.69, 9.17) is 4.74 Å². The largest absolute Gasteiger partial charge is 0.444 e. The maximum Gasteiger partial charge on any atom is 0.414 e. The molecule has 0 fully saturated rings. The lowest BCUT2D eigenvalue weighted by Crippen LogP contribution is -2.32. The standard InChI is InChI=1S/C26H24F3NO3/c27-22-16-24(29)23(28)15-21(22)9-5-4-6-18-10-12-19(13-11-18)14-25(31)30-26(32)33-17-20-7-2-1-3-8-20/h1-3,7-8,10-13,15-16H,4-6,9,14,17H2,(H,30,31,32). The summed E-state index contributed by atoms with van der Waals surface area (Å²) in [7, 11) is 0. The Balaban J connectivity index is 1.37. The van der Waals surface area contributed by atoms with Crippen LogP contribution in [0.15, 0.2) is 66.7 Å². The summed E-state index contributed by atoms with van der Waals surface area (Å²) in [4.78, 5) is 23.8. The van der Waals surface area contributed by atoms with E-state index in [2.05, 4.69) is 5.32 Å². The summed E-state index contributed by atoms with van der Waals surface area (Å²) < 4.78 is 44.9. The average Bonchev–Trinajstić information content (AvgIpc) is 2.80. The molecule has 3 aromatic carbocycles. The molecular weight excluding hydrogens is 431 g/mol. The molecule has 7 heteroatoms. The van der Waals surface area contributed by atoms with Crippen LogP contribution in [0.4, 0.5) is 18.0 Å². The lowest BCUT2D eigenvalue weighted by Gasteiger charge is -2.07. The lowest BCUT2D eigenvalue weighted by molar-refractivity contribution is -0.119. The minimum atomic E-state index is -1.19. The number of amides is 2. The van der Waals surface area contributed by atoms with Crippen molar-refractivity contribution in [3.05, 3.63) is 106 Å². The molecule has 0 spiro atoms. The third-order valence-electron chi connectivity index (χ3n) is 5.09. The van der Waals surface area contributed by atoms with E-state index >= 15 is 0 Å². The number of carbonyl (C=O) groups excluding carboxylic acids is 2. The Morgan fingerprint density at radius 1 is 0.727 bits per heavy atom. The highest BCUT2D eigenvalue weighted by atomic mass is 19.2. The van der Waals surface area contributed by atoms with Crippen LogP contribution in [0.5, 0.6) is 0 Å². The molecule has 1 N–H and O–H groups in total. The van der Waals surface area contributed by atoms with Gasteiger partial charge in [0.05, 0.1) is 6.42 Å². The van der Waals surface area contributed by atoms with E-state index in [1.54, 1.807) is 12.1 Å². The van der Waals surface area contributed by atoms with Gasteiger partial charge in [-0.25, -0.2) is 18.0 Å². The Labute approximate surface area is 190 Å². The summed E-state index contributed by atoms with van der Waals surface area (Å²) >= 11 is 0. The predicted molar refractivity (Wildman–Crippen MR) is 118 cm³/mol. The molecule has 0 bridgehead atoms. The van der Waals surface area contributed by atoms with E-state index < -0.39 is 29.5 Å². The molecule has 0 saturated carbocycles. The zero-order valence-corrected chi connectivity index (χ0v) is 18.0. The normalized spacial score (nSPS) is 10.6. The topological polar surface area (TPSA) is 55.4 Å². The van der Waals surface area contributed by atoms with E-state index in [1.165, 1.54) is 0 Å². The van der Waals surface area contributed by atoms with Crippen molar-refractivity contribution in [2.24, 2.45) is 0 Å². The van der Waals surface area contributed by atoms with Gasteiger partial charge in [-0.3, -0.25) is 10.1 Å². The van der Waals surface area contributed by atoms with E-state index in [9.17, 15) is 22.8 Å². The molecule has 0 aliphatic carbocycles. The van der Waals surface area contributed by atoms with Crippen LogP contribution in [0, 0.1) is 17.5 Å². The summed E-state index contributed by atoms with van der Waals surface area (Å²) in [5, 5.41) is 2.20. The van der Waals surface area contributed by atoms with Gasteiger partial charge in [0.1, 0.15) is 12.4 Å². The number of benzene rings is 3. The number of ether oxygens (including phenoxy) is 1. The van der Waals surface area contributed by atoms with Crippen molar-refractivity contribution in [1.82, 2.24) is 5.32 Å². The number of carbonyl (C=O) groups is 2. The second-order valence-electron chi connectivity index (χ2n) is 7.67. The fraction of sp³-hybridized carbons (Fsp3) is 0.231. The maximum atomic E-state index is 13.7. The minimum absolute atomic E-state index is 0.0378. The number of rotatable bonds is 9. The first-order chi connectivity index (χ1) is 15.9. The van der Waals surface area contributed by atoms with Crippen molar-refractivity contribution in [1.29, 1.82) is 0 Å². The summed E-state index contributed by atoms with van der Waals surface area (Å²) in [6, 6.07) is 18.0. The molecule has 0 aliphatic heterocycles. The van der Waals surface area contributed by atoms with Crippen LogP contribution in [0.25, 0.3) is 0 Å². The molecular formula is C26H24F3NO3. The van der Waals surface area contributed by atoms with Crippen molar-refractivity contribution in [3.8, 4) is 0 Å². The number of unbranched alkanes of at least 4 members (excludes halogenated alkanes) is 1. The number of alkyl carbamates (subject to hydrolysis) is 1. The molecule has 33 heavy (non-hydrogen) atoms. The molecule has 0 saturated heterocycles. The van der Waals surface area contributed by atoms with Gasteiger partial charge in [-0.1, -0.05) is 54.6 Å². The fourth-order valence-electron chi connectivity index (χ4n) is 3.33. The quantitative estimate of drug-likeness (QED) is 0.334. The number of halogens is 3. The van der Waals surface area contributed by atoms with Gasteiger partial charge in [0.2, 0.25) is 5.91 Å². The van der Waals surface area contributed by atoms with Crippen molar-refractivity contribution in [2.75, 3.05) is 0 Å². The molecule has 3 rings (SSSR count). The number of nitrogens with one attached hydrogen (secondary N) is 1. The first-order valence-electron chi connectivity index (χ1n) is 10.6. The van der Waals surface area contributed by atoms with Gasteiger partial charge in [-0.05, 0) is 54.0 Å². The van der Waals surface area contributed by atoms with Crippen molar-refractivity contribution in [3.63, 3.8) is 0 Å². The molecule has 172 valence electrons. The maximum absolute atomic E-state index is 13.7. The predicted octanol–water partition coefficient (Wildman–Crippen LogP) is 5.66. The Hall–Kier alpha value is -3.61. The van der Waals surface area contributed by atoms with Gasteiger partial charge in [0.15, 0.2) is 11.6 Å². The fourth-order valence-corrected chi connectivity index (χ4v) is 3.33. The number of aryl methyl sites for hydroxylation is 2. The third-order valence-corrected chi connectivity index (χ3v) is 5.09. The van der Waals surface area contributed by atoms with Gasteiger partial charge in [0, 0.05) is 6.07 Å². The third kappa shape index (κ3) is 7.79. The van der Waals surface area contributed by atoms with Crippen LogP contribution >= 0.6 is 0 Å². The zero-order valence-electron chi connectivity index (χ0n) is 18.0. The highest BCUT2D eigenvalue weighted by Gasteiger charge is 2.11. The highest BCUT2D eigenvalue weighted by molar-refractivity contribution is 5.92. The van der Waals surface area contributed by atoms with Gasteiger partial charge in [0.25, 0.3) is 0 Å². The second-order valence-corrected chi connectivity index (χ2v) is 7.67. The summed E-state index contributed by atoms with van der Waals surface area (Å²) in [5.41, 5.74) is 2.77. The van der Waals surface area contributed by atoms with Gasteiger partial charge < -0.3 is 4.74 Å². The van der Waals surface area contributed by atoms with E-state index in [-0.39, 0.29) is 18.6 Å². The van der Waals surface area contributed by atoms with Crippen LogP contribution in [-0.4, -0.2) is 12.0 Å². The molecule has 0 radical (unpaired) electrons. The number of imide groups is 1. The molecule has 0 unspecified atom stereocenters.